The zero-order chi connectivity index (χ0) is 19.8. The van der Waals surface area contributed by atoms with Crippen LogP contribution in [0.4, 0.5) is 5.69 Å². The van der Waals surface area contributed by atoms with Crippen molar-refractivity contribution in [1.82, 2.24) is 9.38 Å². The molecule has 0 radical (unpaired) electrons. The van der Waals surface area contributed by atoms with Crippen LogP contribution in [0.15, 0.2) is 29.1 Å². The Kier molecular flexibility index (Phi) is 4.68. The number of aromatic nitrogens is 2. The molecule has 4 rings (SSSR count). The SMILES string of the molecule is Cc1ccc(C(=O)OCc2cc(=O)n3c4c(sc3n2)CCCC4)cc1[N+](=O)[O-]. The molecule has 0 bridgehead atoms. The van der Waals surface area contributed by atoms with Crippen molar-refractivity contribution in [2.45, 2.75) is 39.2 Å². The molecule has 0 aliphatic heterocycles. The molecule has 1 aliphatic carbocycles. The summed E-state index contributed by atoms with van der Waals surface area (Å²) in [4.78, 5) is 41.5. The standard InChI is InChI=1S/C19H17N3O5S/c1-11-6-7-12(8-15(11)22(25)26)18(24)27-10-13-9-17(23)21-14-4-2-3-5-16(14)28-19(21)20-13/h6-9H,2-5,10H2,1H3. The maximum absolute atomic E-state index is 12.5. The van der Waals surface area contributed by atoms with Gasteiger partial charge in [0, 0.05) is 28.3 Å². The molecule has 0 saturated heterocycles. The second kappa shape index (κ2) is 7.16. The zero-order valence-electron chi connectivity index (χ0n) is 15.1. The molecule has 0 fully saturated rings. The second-order valence-corrected chi connectivity index (χ2v) is 7.78. The molecular weight excluding hydrogens is 382 g/mol. The number of nitro benzene ring substituents is 1. The lowest BCUT2D eigenvalue weighted by Gasteiger charge is -2.10. The number of hydrogen-bond donors (Lipinski definition) is 0. The fourth-order valence-electron chi connectivity index (χ4n) is 3.37. The molecule has 28 heavy (non-hydrogen) atoms. The minimum Gasteiger partial charge on any atom is -0.456 e. The lowest BCUT2D eigenvalue weighted by atomic mass is 10.0. The Morgan fingerprint density at radius 1 is 1.32 bits per heavy atom. The first-order valence-electron chi connectivity index (χ1n) is 8.89. The van der Waals surface area contributed by atoms with Gasteiger partial charge in [0.2, 0.25) is 0 Å². The number of esters is 1. The second-order valence-electron chi connectivity index (χ2n) is 6.72. The van der Waals surface area contributed by atoms with Gasteiger partial charge >= 0.3 is 5.97 Å². The largest absolute Gasteiger partial charge is 0.456 e. The van der Waals surface area contributed by atoms with Gasteiger partial charge < -0.3 is 4.74 Å². The summed E-state index contributed by atoms with van der Waals surface area (Å²) in [5.74, 6) is -0.699. The highest BCUT2D eigenvalue weighted by atomic mass is 32.1. The molecule has 0 unspecified atom stereocenters. The van der Waals surface area contributed by atoms with Gasteiger partial charge in [-0.2, -0.15) is 0 Å². The van der Waals surface area contributed by atoms with Crippen LogP contribution in [0, 0.1) is 17.0 Å². The van der Waals surface area contributed by atoms with Gasteiger partial charge in [-0.1, -0.05) is 6.07 Å². The van der Waals surface area contributed by atoms with Crippen LogP contribution < -0.4 is 5.56 Å². The summed E-state index contributed by atoms with van der Waals surface area (Å²) in [7, 11) is 0. The van der Waals surface area contributed by atoms with E-state index in [4.69, 9.17) is 4.74 Å². The van der Waals surface area contributed by atoms with Crippen molar-refractivity contribution in [2.24, 2.45) is 0 Å². The van der Waals surface area contributed by atoms with Gasteiger partial charge in [0.05, 0.1) is 16.2 Å². The molecule has 0 atom stereocenters. The molecule has 3 aromatic rings. The molecule has 1 aliphatic rings. The van der Waals surface area contributed by atoms with Gasteiger partial charge in [-0.3, -0.25) is 19.3 Å². The minimum absolute atomic E-state index is 0.0849. The molecular formula is C19H17N3O5S. The average Bonchev–Trinajstić information content (AvgIpc) is 3.05. The molecule has 2 aromatic heterocycles. The first-order valence-corrected chi connectivity index (χ1v) is 9.71. The number of thiazole rings is 1. The third-order valence-electron chi connectivity index (χ3n) is 4.81. The Labute approximate surface area is 163 Å². The monoisotopic (exact) mass is 399 g/mol. The summed E-state index contributed by atoms with van der Waals surface area (Å²) in [5.41, 5.74) is 1.63. The number of ether oxygens (including phenoxy) is 1. The van der Waals surface area contributed by atoms with Crippen LogP contribution in [-0.4, -0.2) is 20.3 Å². The maximum Gasteiger partial charge on any atom is 0.338 e. The van der Waals surface area contributed by atoms with E-state index in [2.05, 4.69) is 4.98 Å². The van der Waals surface area contributed by atoms with Crippen LogP contribution in [0.1, 0.15) is 45.0 Å². The highest BCUT2D eigenvalue weighted by molar-refractivity contribution is 7.17. The lowest BCUT2D eigenvalue weighted by Crippen LogP contribution is -2.18. The van der Waals surface area contributed by atoms with Crippen LogP contribution >= 0.6 is 11.3 Å². The van der Waals surface area contributed by atoms with E-state index in [9.17, 15) is 19.7 Å². The van der Waals surface area contributed by atoms with Crippen LogP contribution in [-0.2, 0) is 24.2 Å². The first kappa shape index (κ1) is 18.3. The molecule has 2 heterocycles. The Balaban J connectivity index is 1.56. The van der Waals surface area contributed by atoms with Crippen molar-refractivity contribution in [3.05, 3.63) is 72.1 Å². The number of benzene rings is 1. The van der Waals surface area contributed by atoms with Gasteiger partial charge in [0.25, 0.3) is 11.2 Å². The fourth-order valence-corrected chi connectivity index (χ4v) is 4.60. The average molecular weight is 399 g/mol. The highest BCUT2D eigenvalue weighted by Crippen LogP contribution is 2.28. The molecule has 144 valence electrons. The maximum atomic E-state index is 12.5. The van der Waals surface area contributed by atoms with Crippen molar-refractivity contribution in [3.8, 4) is 0 Å². The number of fused-ring (bicyclic) bond motifs is 3. The van der Waals surface area contributed by atoms with Gasteiger partial charge in [-0.05, 0) is 38.7 Å². The number of hydrogen-bond acceptors (Lipinski definition) is 7. The highest BCUT2D eigenvalue weighted by Gasteiger charge is 2.19. The number of nitro groups is 1. The fraction of sp³-hybridized carbons (Fsp3) is 0.316. The molecule has 0 saturated carbocycles. The first-order chi connectivity index (χ1) is 13.4. The van der Waals surface area contributed by atoms with Crippen LogP contribution in [0.3, 0.4) is 0 Å². The summed E-state index contributed by atoms with van der Waals surface area (Å²) in [6.07, 6.45) is 4.01. The minimum atomic E-state index is -0.699. The van der Waals surface area contributed by atoms with E-state index in [1.54, 1.807) is 11.3 Å². The third kappa shape index (κ3) is 3.29. The van der Waals surface area contributed by atoms with Gasteiger partial charge in [0.15, 0.2) is 4.96 Å². The Bertz CT molecular complexity index is 1160. The van der Waals surface area contributed by atoms with Crippen molar-refractivity contribution >= 4 is 28.0 Å². The van der Waals surface area contributed by atoms with E-state index in [0.29, 0.717) is 16.2 Å². The molecule has 0 N–H and O–H groups in total. The molecule has 9 heteroatoms. The van der Waals surface area contributed by atoms with E-state index >= 15 is 0 Å². The van der Waals surface area contributed by atoms with E-state index in [1.807, 2.05) is 0 Å². The van der Waals surface area contributed by atoms with Crippen molar-refractivity contribution in [1.29, 1.82) is 0 Å². The van der Waals surface area contributed by atoms with Crippen LogP contribution in [0.25, 0.3) is 4.96 Å². The van der Waals surface area contributed by atoms with Crippen molar-refractivity contribution in [3.63, 3.8) is 0 Å². The summed E-state index contributed by atoms with van der Waals surface area (Å²) in [6.45, 7) is 1.43. The molecule has 0 amide bonds. The number of carbonyl (C=O) groups excluding carboxylic acids is 1. The molecule has 8 nitrogen and oxygen atoms in total. The van der Waals surface area contributed by atoms with Crippen LogP contribution in [0.2, 0.25) is 0 Å². The van der Waals surface area contributed by atoms with E-state index in [-0.39, 0.29) is 23.4 Å². The van der Waals surface area contributed by atoms with Gasteiger partial charge in [-0.15, -0.1) is 11.3 Å². The van der Waals surface area contributed by atoms with Crippen molar-refractivity contribution in [2.75, 3.05) is 0 Å². The predicted octanol–water partition coefficient (Wildman–Crippen LogP) is 3.21. The van der Waals surface area contributed by atoms with E-state index in [0.717, 1.165) is 31.4 Å². The Hall–Kier alpha value is -3.07. The Morgan fingerprint density at radius 2 is 2.11 bits per heavy atom. The number of rotatable bonds is 4. The quantitative estimate of drug-likeness (QED) is 0.379. The van der Waals surface area contributed by atoms with E-state index in [1.165, 1.54) is 40.5 Å². The third-order valence-corrected chi connectivity index (χ3v) is 5.95. The molecule has 0 spiro atoms. The van der Waals surface area contributed by atoms with E-state index < -0.39 is 10.9 Å². The summed E-state index contributed by atoms with van der Waals surface area (Å²) in [5, 5.41) is 11.0. The van der Waals surface area contributed by atoms with Gasteiger partial charge in [-0.25, -0.2) is 9.78 Å². The number of nitrogens with zero attached hydrogens (tertiary/aromatic N) is 3. The summed E-state index contributed by atoms with van der Waals surface area (Å²) < 4.78 is 6.87. The predicted molar refractivity (Wildman–Crippen MR) is 103 cm³/mol. The van der Waals surface area contributed by atoms with Crippen LogP contribution in [0.5, 0.6) is 0 Å². The number of carbonyl (C=O) groups is 1. The van der Waals surface area contributed by atoms with Gasteiger partial charge in [0.1, 0.15) is 6.61 Å². The smallest absolute Gasteiger partial charge is 0.338 e. The number of aryl methyl sites for hydroxylation is 3. The summed E-state index contributed by atoms with van der Waals surface area (Å²) >= 11 is 1.50. The topological polar surface area (TPSA) is 104 Å². The zero-order valence-corrected chi connectivity index (χ0v) is 16.0. The lowest BCUT2D eigenvalue weighted by molar-refractivity contribution is -0.385. The normalized spacial score (nSPS) is 13.3. The Morgan fingerprint density at radius 3 is 2.89 bits per heavy atom. The molecule has 1 aromatic carbocycles. The summed E-state index contributed by atoms with van der Waals surface area (Å²) in [6, 6.07) is 5.54. The van der Waals surface area contributed by atoms with Crippen molar-refractivity contribution < 1.29 is 14.5 Å².